The van der Waals surface area contributed by atoms with E-state index in [0.29, 0.717) is 23.4 Å². The minimum atomic E-state index is -0.158. The van der Waals surface area contributed by atoms with Gasteiger partial charge in [-0.3, -0.25) is 9.59 Å². The van der Waals surface area contributed by atoms with Crippen molar-refractivity contribution in [2.45, 2.75) is 85.0 Å². The number of unbranched alkanes of at least 4 members (excludes halogenated alkanes) is 8. The highest BCUT2D eigenvalue weighted by molar-refractivity contribution is 6.24. The number of allylic oxidation sites excluding steroid dienone is 2. The van der Waals surface area contributed by atoms with Gasteiger partial charge in [0.15, 0.2) is 0 Å². The summed E-state index contributed by atoms with van der Waals surface area (Å²) in [5, 5.41) is 6.51. The largest absolute Gasteiger partial charge is 0.352 e. The van der Waals surface area contributed by atoms with Crippen molar-refractivity contribution in [2.24, 2.45) is 0 Å². The summed E-state index contributed by atoms with van der Waals surface area (Å²) in [7, 11) is 0. The van der Waals surface area contributed by atoms with Crippen LogP contribution in [0.4, 0.5) is 11.4 Å². The molecule has 0 bridgehead atoms. The number of benzene rings is 2. The molecule has 0 spiro atoms. The Morgan fingerprint density at radius 2 is 1.17 bits per heavy atom. The van der Waals surface area contributed by atoms with E-state index in [1.807, 2.05) is 62.4 Å². The molecule has 3 rings (SSSR count). The standard InChI is InChI=1S/C31H40N2O2/c1-4-5-6-7-8-9-10-11-12-19-25-30(33-27-21-16-14-18-24(27)3)29(34)22-28(31(25)35)32-26-20-15-13-17-23(26)2/h13-18,20-22,32-33H,4-12,19H2,1-3H3. The Balaban J connectivity index is 1.71. The Labute approximate surface area is 210 Å². The lowest BCUT2D eigenvalue weighted by molar-refractivity contribution is -0.115. The Bertz CT molecular complexity index is 1080. The summed E-state index contributed by atoms with van der Waals surface area (Å²) < 4.78 is 0. The molecule has 0 heterocycles. The van der Waals surface area contributed by atoms with Crippen LogP contribution >= 0.6 is 0 Å². The highest BCUT2D eigenvalue weighted by Crippen LogP contribution is 2.28. The lowest BCUT2D eigenvalue weighted by Gasteiger charge is -2.22. The topological polar surface area (TPSA) is 58.2 Å². The van der Waals surface area contributed by atoms with Gasteiger partial charge in [-0.2, -0.15) is 0 Å². The lowest BCUT2D eigenvalue weighted by Crippen LogP contribution is -2.27. The fraction of sp³-hybridized carbons (Fsp3) is 0.419. The van der Waals surface area contributed by atoms with E-state index in [1.165, 1.54) is 51.0 Å². The van der Waals surface area contributed by atoms with Gasteiger partial charge >= 0.3 is 0 Å². The third-order valence-electron chi connectivity index (χ3n) is 6.69. The zero-order valence-electron chi connectivity index (χ0n) is 21.6. The number of carbonyl (C=O) groups is 2. The van der Waals surface area contributed by atoms with Gasteiger partial charge < -0.3 is 10.6 Å². The number of Topliss-reactive ketones (excluding diaryl/α,β-unsaturated/α-hetero) is 1. The van der Waals surface area contributed by atoms with Gasteiger partial charge in [-0.15, -0.1) is 0 Å². The Kier molecular flexibility index (Phi) is 10.3. The smallest absolute Gasteiger partial charge is 0.207 e. The normalized spacial score (nSPS) is 13.7. The third-order valence-corrected chi connectivity index (χ3v) is 6.69. The van der Waals surface area contributed by atoms with Crippen molar-refractivity contribution in [3.8, 4) is 0 Å². The van der Waals surface area contributed by atoms with Crippen molar-refractivity contribution in [3.05, 3.63) is 82.7 Å². The number of hydrogen-bond donors (Lipinski definition) is 2. The maximum Gasteiger partial charge on any atom is 0.207 e. The molecule has 1 aliphatic carbocycles. The van der Waals surface area contributed by atoms with Crippen molar-refractivity contribution in [1.29, 1.82) is 0 Å². The van der Waals surface area contributed by atoms with E-state index in [2.05, 4.69) is 17.6 Å². The van der Waals surface area contributed by atoms with Crippen molar-refractivity contribution in [3.63, 3.8) is 0 Å². The van der Waals surface area contributed by atoms with Gasteiger partial charge in [0.1, 0.15) is 0 Å². The van der Waals surface area contributed by atoms with E-state index in [1.54, 1.807) is 0 Å². The summed E-state index contributed by atoms with van der Waals surface area (Å²) in [5.74, 6) is -0.252. The molecule has 0 aliphatic heterocycles. The molecule has 0 fully saturated rings. The fourth-order valence-electron chi connectivity index (χ4n) is 4.48. The maximum atomic E-state index is 13.6. The van der Waals surface area contributed by atoms with E-state index in [9.17, 15) is 9.59 Å². The van der Waals surface area contributed by atoms with Crippen LogP contribution < -0.4 is 10.6 Å². The lowest BCUT2D eigenvalue weighted by atomic mass is 9.91. The van der Waals surface area contributed by atoms with Crippen molar-refractivity contribution in [1.82, 2.24) is 0 Å². The molecule has 1 aliphatic rings. The van der Waals surface area contributed by atoms with Crippen LogP contribution in [-0.4, -0.2) is 11.6 Å². The second-order valence-corrected chi connectivity index (χ2v) is 9.56. The van der Waals surface area contributed by atoms with Gasteiger partial charge in [0.2, 0.25) is 11.6 Å². The molecular weight excluding hydrogens is 432 g/mol. The van der Waals surface area contributed by atoms with Gasteiger partial charge in [0.05, 0.1) is 11.4 Å². The van der Waals surface area contributed by atoms with Crippen molar-refractivity contribution >= 4 is 22.9 Å². The molecule has 2 aromatic carbocycles. The van der Waals surface area contributed by atoms with Gasteiger partial charge in [-0.1, -0.05) is 94.7 Å². The number of ketones is 2. The van der Waals surface area contributed by atoms with E-state index in [-0.39, 0.29) is 11.6 Å². The number of rotatable bonds is 14. The summed E-state index contributed by atoms with van der Waals surface area (Å²) in [4.78, 5) is 26.8. The molecule has 0 amide bonds. The molecule has 0 atom stereocenters. The number of para-hydroxylation sites is 2. The van der Waals surface area contributed by atoms with Crippen LogP contribution in [0.1, 0.15) is 82.3 Å². The van der Waals surface area contributed by atoms with Gasteiger partial charge in [-0.05, 0) is 49.9 Å². The molecule has 0 saturated carbocycles. The zero-order valence-corrected chi connectivity index (χ0v) is 21.6. The fourth-order valence-corrected chi connectivity index (χ4v) is 4.48. The molecular formula is C31H40N2O2. The average Bonchev–Trinajstić information content (AvgIpc) is 2.85. The number of hydrogen-bond acceptors (Lipinski definition) is 4. The summed E-state index contributed by atoms with van der Waals surface area (Å²) >= 11 is 0. The second kappa shape index (κ2) is 13.7. The van der Waals surface area contributed by atoms with E-state index < -0.39 is 0 Å². The molecule has 0 radical (unpaired) electrons. The van der Waals surface area contributed by atoms with Crippen LogP contribution in [0.5, 0.6) is 0 Å². The zero-order chi connectivity index (χ0) is 25.0. The first-order valence-corrected chi connectivity index (χ1v) is 13.2. The predicted molar refractivity (Wildman–Crippen MR) is 147 cm³/mol. The molecule has 0 unspecified atom stereocenters. The number of anilines is 2. The highest BCUT2D eigenvalue weighted by atomic mass is 16.1. The van der Waals surface area contributed by atoms with Crippen LogP contribution in [0.2, 0.25) is 0 Å². The summed E-state index contributed by atoms with van der Waals surface area (Å²) in [6, 6.07) is 15.7. The summed E-state index contributed by atoms with van der Waals surface area (Å²) in [6.45, 7) is 6.23. The van der Waals surface area contributed by atoms with E-state index >= 15 is 0 Å². The predicted octanol–water partition coefficient (Wildman–Crippen LogP) is 8.04. The average molecular weight is 473 g/mol. The van der Waals surface area contributed by atoms with Crippen molar-refractivity contribution in [2.75, 3.05) is 10.6 Å². The number of aryl methyl sites for hydroxylation is 2. The Hall–Kier alpha value is -3.14. The van der Waals surface area contributed by atoms with Gasteiger partial charge in [-0.25, -0.2) is 0 Å². The number of nitrogens with one attached hydrogen (secondary N) is 2. The van der Waals surface area contributed by atoms with Crippen LogP contribution in [0, 0.1) is 13.8 Å². The van der Waals surface area contributed by atoms with Crippen LogP contribution in [0.15, 0.2) is 71.6 Å². The Morgan fingerprint density at radius 1 is 0.657 bits per heavy atom. The summed E-state index contributed by atoms with van der Waals surface area (Å²) in [6.07, 6.45) is 13.0. The Morgan fingerprint density at radius 3 is 1.74 bits per heavy atom. The highest BCUT2D eigenvalue weighted by Gasteiger charge is 2.29. The monoisotopic (exact) mass is 472 g/mol. The van der Waals surface area contributed by atoms with Crippen molar-refractivity contribution < 1.29 is 9.59 Å². The summed E-state index contributed by atoms with van der Waals surface area (Å²) in [5.41, 5.74) is 5.12. The third kappa shape index (κ3) is 7.68. The SMILES string of the molecule is CCCCCCCCCCCC1=C(Nc2ccccc2C)C(=O)C=C(Nc2ccccc2C)C1=O. The van der Waals surface area contributed by atoms with E-state index in [0.717, 1.165) is 35.3 Å². The van der Waals surface area contributed by atoms with Gasteiger partial charge in [0.25, 0.3) is 0 Å². The molecule has 0 saturated heterocycles. The molecule has 35 heavy (non-hydrogen) atoms. The first-order chi connectivity index (χ1) is 17.0. The molecule has 4 heteroatoms. The van der Waals surface area contributed by atoms with Gasteiger partial charge in [0, 0.05) is 23.0 Å². The quantitative estimate of drug-likeness (QED) is 0.216. The van der Waals surface area contributed by atoms with Crippen LogP contribution in [0.25, 0.3) is 0 Å². The first-order valence-electron chi connectivity index (χ1n) is 13.2. The molecule has 2 N–H and O–H groups in total. The van der Waals surface area contributed by atoms with E-state index in [4.69, 9.17) is 0 Å². The minimum absolute atomic E-state index is 0.0940. The van der Waals surface area contributed by atoms with Crippen LogP contribution in [-0.2, 0) is 9.59 Å². The molecule has 4 nitrogen and oxygen atoms in total. The minimum Gasteiger partial charge on any atom is -0.352 e. The van der Waals surface area contributed by atoms with Crippen LogP contribution in [0.3, 0.4) is 0 Å². The maximum absolute atomic E-state index is 13.6. The first kappa shape index (κ1) is 26.5. The number of carbonyl (C=O) groups excluding carboxylic acids is 2. The molecule has 0 aromatic heterocycles. The molecule has 2 aromatic rings. The second-order valence-electron chi connectivity index (χ2n) is 9.56. The molecule has 186 valence electrons.